The summed E-state index contributed by atoms with van der Waals surface area (Å²) >= 11 is 6.14. The zero-order valence-electron chi connectivity index (χ0n) is 15.8. The molecule has 4 rings (SSSR count). The van der Waals surface area contributed by atoms with Crippen molar-refractivity contribution in [3.05, 3.63) is 68.2 Å². The third kappa shape index (κ3) is 3.46. The van der Waals surface area contributed by atoms with Gasteiger partial charge in [0.15, 0.2) is 5.78 Å². The zero-order chi connectivity index (χ0) is 20.8. The molecule has 0 aromatic heterocycles. The minimum Gasteiger partial charge on any atom is -0.486 e. The molecule has 2 aliphatic heterocycles. The van der Waals surface area contributed by atoms with Crippen LogP contribution >= 0.6 is 11.6 Å². The van der Waals surface area contributed by atoms with Gasteiger partial charge in [0.1, 0.15) is 16.9 Å². The Balaban J connectivity index is 1.52. The van der Waals surface area contributed by atoms with Crippen molar-refractivity contribution in [2.75, 3.05) is 13.1 Å². The number of ketones is 1. The minimum absolute atomic E-state index is 0.0216. The molecule has 1 saturated heterocycles. The Kier molecular flexibility index (Phi) is 4.78. The van der Waals surface area contributed by atoms with Gasteiger partial charge in [0.2, 0.25) is 0 Å². The van der Waals surface area contributed by atoms with Crippen LogP contribution in [-0.4, -0.2) is 40.2 Å². The quantitative estimate of drug-likeness (QED) is 0.542. The number of hydrogen-bond acceptors (Lipinski definition) is 5. The number of carbonyl (C=O) groups excluding carboxylic acids is 2. The maximum absolute atomic E-state index is 12.8. The Morgan fingerprint density at radius 1 is 1.24 bits per heavy atom. The van der Waals surface area contributed by atoms with Crippen molar-refractivity contribution in [3.8, 4) is 5.75 Å². The normalized spacial score (nSPS) is 17.6. The summed E-state index contributed by atoms with van der Waals surface area (Å²) in [5, 5.41) is 11.8. The maximum atomic E-state index is 12.8. The molecule has 1 amide bonds. The molecule has 2 heterocycles. The van der Waals surface area contributed by atoms with Gasteiger partial charge < -0.3 is 9.64 Å². The van der Waals surface area contributed by atoms with Gasteiger partial charge in [-0.1, -0.05) is 23.7 Å². The number of piperidine rings is 1. The maximum Gasteiger partial charge on any atom is 0.282 e. The van der Waals surface area contributed by atoms with E-state index >= 15 is 0 Å². The number of likely N-dealkylation sites (tertiary alicyclic amines) is 1. The smallest absolute Gasteiger partial charge is 0.282 e. The lowest BCUT2D eigenvalue weighted by atomic mass is 9.82. The molecule has 0 saturated carbocycles. The Labute approximate surface area is 172 Å². The van der Waals surface area contributed by atoms with Gasteiger partial charge >= 0.3 is 0 Å². The molecule has 29 heavy (non-hydrogen) atoms. The van der Waals surface area contributed by atoms with Crippen LogP contribution in [0.25, 0.3) is 0 Å². The number of Topliss-reactive ketones (excluding diaryl/α,β-unsaturated/α-hetero) is 1. The van der Waals surface area contributed by atoms with E-state index in [9.17, 15) is 19.7 Å². The molecule has 0 aliphatic carbocycles. The molecule has 1 spiro atoms. The number of aryl methyl sites for hydroxylation is 1. The van der Waals surface area contributed by atoms with E-state index in [1.807, 2.05) is 6.92 Å². The Morgan fingerprint density at radius 3 is 2.62 bits per heavy atom. The third-order valence-electron chi connectivity index (χ3n) is 5.66. The average molecular weight is 415 g/mol. The number of nitrogens with zero attached hydrogens (tertiary/aromatic N) is 2. The van der Waals surface area contributed by atoms with Crippen molar-refractivity contribution in [1.82, 2.24) is 4.90 Å². The van der Waals surface area contributed by atoms with E-state index < -0.39 is 10.5 Å². The van der Waals surface area contributed by atoms with E-state index in [1.54, 1.807) is 23.1 Å². The lowest BCUT2D eigenvalue weighted by Crippen LogP contribution is -2.52. The van der Waals surface area contributed by atoms with E-state index in [1.165, 1.54) is 18.2 Å². The lowest BCUT2D eigenvalue weighted by molar-refractivity contribution is -0.385. The predicted molar refractivity (Wildman–Crippen MR) is 107 cm³/mol. The van der Waals surface area contributed by atoms with Gasteiger partial charge in [0.05, 0.1) is 16.9 Å². The van der Waals surface area contributed by atoms with Crippen LogP contribution in [0.15, 0.2) is 36.4 Å². The summed E-state index contributed by atoms with van der Waals surface area (Å²) in [7, 11) is 0. The fourth-order valence-electron chi connectivity index (χ4n) is 3.99. The molecule has 0 N–H and O–H groups in total. The number of benzene rings is 2. The standard InChI is InChI=1S/C21H19ClN2O5/c1-13-10-19-15(11-16(13)22)18(25)12-21(29-19)6-8-23(9-7-21)20(26)14-4-2-3-5-17(14)24(27)28/h2-5,10-11H,6-9,12H2,1H3. The van der Waals surface area contributed by atoms with Crippen LogP contribution in [0.3, 0.4) is 0 Å². The Hall–Kier alpha value is -2.93. The highest BCUT2D eigenvalue weighted by molar-refractivity contribution is 6.31. The number of amides is 1. The number of hydrogen-bond donors (Lipinski definition) is 0. The number of nitro groups is 1. The van der Waals surface area contributed by atoms with Crippen molar-refractivity contribution in [1.29, 1.82) is 0 Å². The van der Waals surface area contributed by atoms with Crippen LogP contribution in [0.2, 0.25) is 5.02 Å². The second-order valence-electron chi connectivity index (χ2n) is 7.55. The second-order valence-corrected chi connectivity index (χ2v) is 7.96. The van der Waals surface area contributed by atoms with Crippen LogP contribution in [0.5, 0.6) is 5.75 Å². The summed E-state index contributed by atoms with van der Waals surface area (Å²) in [5.74, 6) is 0.130. The van der Waals surface area contributed by atoms with Crippen LogP contribution in [0, 0.1) is 17.0 Å². The van der Waals surface area contributed by atoms with E-state index in [-0.39, 0.29) is 29.4 Å². The number of nitro benzene ring substituents is 1. The monoisotopic (exact) mass is 414 g/mol. The van der Waals surface area contributed by atoms with Crippen molar-refractivity contribution < 1.29 is 19.2 Å². The number of carbonyl (C=O) groups is 2. The fourth-order valence-corrected chi connectivity index (χ4v) is 4.16. The first-order valence-electron chi connectivity index (χ1n) is 9.35. The first kappa shape index (κ1) is 19.4. The van der Waals surface area contributed by atoms with Crippen molar-refractivity contribution in [3.63, 3.8) is 0 Å². The first-order valence-corrected chi connectivity index (χ1v) is 9.72. The van der Waals surface area contributed by atoms with Crippen molar-refractivity contribution >= 4 is 29.0 Å². The number of para-hydroxylation sites is 1. The number of ether oxygens (including phenoxy) is 1. The zero-order valence-corrected chi connectivity index (χ0v) is 16.6. The summed E-state index contributed by atoms with van der Waals surface area (Å²) in [6.45, 7) is 2.58. The van der Waals surface area contributed by atoms with Crippen molar-refractivity contribution in [2.45, 2.75) is 31.8 Å². The molecule has 0 bridgehead atoms. The molecule has 2 aromatic carbocycles. The second kappa shape index (κ2) is 7.15. The summed E-state index contributed by atoms with van der Waals surface area (Å²) in [4.78, 5) is 37.8. The van der Waals surface area contributed by atoms with Crippen LogP contribution in [0.4, 0.5) is 5.69 Å². The van der Waals surface area contributed by atoms with Gasteiger partial charge in [-0.3, -0.25) is 19.7 Å². The fraction of sp³-hybridized carbons (Fsp3) is 0.333. The molecule has 2 aromatic rings. The van der Waals surface area contributed by atoms with Crippen LogP contribution in [0.1, 0.15) is 45.5 Å². The molecule has 7 nitrogen and oxygen atoms in total. The summed E-state index contributed by atoms with van der Waals surface area (Å²) in [5.41, 5.74) is 0.529. The molecular weight excluding hydrogens is 396 g/mol. The summed E-state index contributed by atoms with van der Waals surface area (Å²) in [6, 6.07) is 9.36. The topological polar surface area (TPSA) is 89.8 Å². The van der Waals surface area contributed by atoms with Gasteiger partial charge in [-0.2, -0.15) is 0 Å². The van der Waals surface area contributed by atoms with E-state index in [4.69, 9.17) is 16.3 Å². The highest BCUT2D eigenvalue weighted by atomic mass is 35.5. The van der Waals surface area contributed by atoms with E-state index in [0.29, 0.717) is 42.3 Å². The highest BCUT2D eigenvalue weighted by Crippen LogP contribution is 2.41. The van der Waals surface area contributed by atoms with Gasteiger partial charge in [-0.25, -0.2) is 0 Å². The van der Waals surface area contributed by atoms with E-state index in [0.717, 1.165) is 5.56 Å². The van der Waals surface area contributed by atoms with Gasteiger partial charge in [0, 0.05) is 37.0 Å². The van der Waals surface area contributed by atoms with Gasteiger partial charge in [-0.05, 0) is 30.7 Å². The molecule has 8 heteroatoms. The SMILES string of the molecule is Cc1cc2c(cc1Cl)C(=O)CC1(CCN(C(=O)c3ccccc3[N+](=O)[O-])CC1)O2. The Bertz CT molecular complexity index is 1030. The molecule has 150 valence electrons. The molecular formula is C21H19ClN2O5. The van der Waals surface area contributed by atoms with Gasteiger partial charge in [0.25, 0.3) is 11.6 Å². The summed E-state index contributed by atoms with van der Waals surface area (Å²) < 4.78 is 6.24. The number of rotatable bonds is 2. The predicted octanol–water partition coefficient (Wildman–Crippen LogP) is 4.20. The number of fused-ring (bicyclic) bond motifs is 1. The van der Waals surface area contributed by atoms with Crippen LogP contribution < -0.4 is 4.74 Å². The minimum atomic E-state index is -0.663. The third-order valence-corrected chi connectivity index (χ3v) is 6.07. The van der Waals surface area contributed by atoms with Crippen LogP contribution in [-0.2, 0) is 0 Å². The highest BCUT2D eigenvalue weighted by Gasteiger charge is 2.44. The average Bonchev–Trinajstić information content (AvgIpc) is 2.70. The van der Waals surface area contributed by atoms with E-state index in [2.05, 4.69) is 0 Å². The Morgan fingerprint density at radius 2 is 1.93 bits per heavy atom. The lowest BCUT2D eigenvalue weighted by Gasteiger charge is -2.44. The first-order chi connectivity index (χ1) is 13.8. The molecule has 2 aliphatic rings. The van der Waals surface area contributed by atoms with Gasteiger partial charge in [-0.15, -0.1) is 0 Å². The molecule has 0 atom stereocenters. The molecule has 1 fully saturated rings. The molecule has 0 radical (unpaired) electrons. The largest absolute Gasteiger partial charge is 0.486 e. The number of halogens is 1. The molecule has 0 unspecified atom stereocenters. The van der Waals surface area contributed by atoms with Crippen molar-refractivity contribution in [2.24, 2.45) is 0 Å². The summed E-state index contributed by atoms with van der Waals surface area (Å²) in [6.07, 6.45) is 1.19.